The number of piperazine rings is 1. The zero-order chi connectivity index (χ0) is 27.2. The fraction of sp³-hybridized carbons (Fsp3) is 0.290. The molecule has 1 saturated heterocycles. The Morgan fingerprint density at radius 3 is 2.38 bits per heavy atom. The average Bonchev–Trinajstić information content (AvgIpc) is 2.97. The molecule has 1 unspecified atom stereocenters. The Balaban J connectivity index is 1.12. The van der Waals surface area contributed by atoms with Crippen LogP contribution in [0.3, 0.4) is 0 Å². The average molecular weight is 543 g/mol. The highest BCUT2D eigenvalue weighted by molar-refractivity contribution is 7.86. The van der Waals surface area contributed by atoms with Crippen molar-refractivity contribution in [1.29, 1.82) is 0 Å². The summed E-state index contributed by atoms with van der Waals surface area (Å²) in [5.41, 5.74) is 3.27. The number of nitrogens with one attached hydrogen (secondary N) is 1. The van der Waals surface area contributed by atoms with Gasteiger partial charge in [0.1, 0.15) is 5.75 Å². The van der Waals surface area contributed by atoms with E-state index in [0.29, 0.717) is 40.7 Å². The Labute approximate surface area is 232 Å². The lowest BCUT2D eigenvalue weighted by atomic mass is 10.1. The minimum absolute atomic E-state index is 0.0206. The molecule has 1 N–H and O–H groups in total. The second-order valence-corrected chi connectivity index (χ2v) is 11.4. The van der Waals surface area contributed by atoms with Crippen molar-refractivity contribution in [3.05, 3.63) is 96.2 Å². The lowest BCUT2D eigenvalue weighted by Crippen LogP contribution is -2.48. The van der Waals surface area contributed by atoms with Crippen LogP contribution in [-0.2, 0) is 17.5 Å². The van der Waals surface area contributed by atoms with E-state index < -0.39 is 11.0 Å². The lowest BCUT2D eigenvalue weighted by Gasteiger charge is -2.34. The van der Waals surface area contributed by atoms with Crippen LogP contribution in [0.4, 0.5) is 5.69 Å². The highest BCUT2D eigenvalue weighted by Crippen LogP contribution is 2.22. The molecule has 0 aliphatic carbocycles. The Morgan fingerprint density at radius 2 is 1.67 bits per heavy atom. The summed E-state index contributed by atoms with van der Waals surface area (Å²) in [4.78, 5) is 22.4. The Hall–Kier alpha value is -3.75. The number of pyridine rings is 1. The van der Waals surface area contributed by atoms with Crippen LogP contribution < -0.4 is 9.46 Å². The van der Waals surface area contributed by atoms with Crippen LogP contribution in [0.1, 0.15) is 29.8 Å². The summed E-state index contributed by atoms with van der Waals surface area (Å²) in [6, 6.07) is 24.9. The van der Waals surface area contributed by atoms with Crippen LogP contribution in [0.15, 0.2) is 90.0 Å². The quantitative estimate of drug-likeness (QED) is 0.308. The highest BCUT2D eigenvalue weighted by atomic mass is 32.2. The third-order valence-electron chi connectivity index (χ3n) is 6.71. The molecular weight excluding hydrogens is 508 g/mol. The number of fused-ring (bicyclic) bond motifs is 1. The highest BCUT2D eigenvalue weighted by Gasteiger charge is 2.22. The Kier molecular flexibility index (Phi) is 8.54. The summed E-state index contributed by atoms with van der Waals surface area (Å²) >= 11 is 0. The van der Waals surface area contributed by atoms with E-state index in [0.717, 1.165) is 37.4 Å². The first kappa shape index (κ1) is 26.8. The van der Waals surface area contributed by atoms with Gasteiger partial charge in [0.05, 0.1) is 17.0 Å². The van der Waals surface area contributed by atoms with Crippen molar-refractivity contribution in [3.8, 4) is 5.75 Å². The van der Waals surface area contributed by atoms with Gasteiger partial charge in [-0.15, -0.1) is 0 Å². The normalized spacial score (nSPS) is 14.9. The molecule has 1 aliphatic rings. The fourth-order valence-electron chi connectivity index (χ4n) is 4.57. The van der Waals surface area contributed by atoms with Gasteiger partial charge in [0.2, 0.25) is 0 Å². The van der Waals surface area contributed by atoms with E-state index in [1.807, 2.05) is 47.4 Å². The van der Waals surface area contributed by atoms with E-state index in [-0.39, 0.29) is 5.91 Å². The topological polar surface area (TPSA) is 74.8 Å². The predicted octanol–water partition coefficient (Wildman–Crippen LogP) is 5.36. The number of benzene rings is 3. The van der Waals surface area contributed by atoms with Crippen molar-refractivity contribution in [2.75, 3.05) is 37.5 Å². The van der Waals surface area contributed by atoms with Crippen molar-refractivity contribution in [2.24, 2.45) is 5.92 Å². The standard InChI is InChI=1S/C31H34N4O3S/c1-23(2)22-38-28-14-8-24(9-15-28)21-34-17-19-35(20-18-34)31(36)26-10-12-27(13-11-26)33-39(37)29-7-3-5-25-6-4-16-32-30(25)29/h3-16,23,33H,17-22H2,1-2H3. The predicted molar refractivity (Wildman–Crippen MR) is 156 cm³/mol. The molecule has 1 aliphatic heterocycles. The summed E-state index contributed by atoms with van der Waals surface area (Å²) in [5, 5.41) is 0.941. The summed E-state index contributed by atoms with van der Waals surface area (Å²) in [6.07, 6.45) is 1.70. The number of anilines is 1. The van der Waals surface area contributed by atoms with Gasteiger partial charge in [0, 0.05) is 55.6 Å². The van der Waals surface area contributed by atoms with Crippen LogP contribution in [0.25, 0.3) is 10.9 Å². The van der Waals surface area contributed by atoms with Gasteiger partial charge >= 0.3 is 0 Å². The first-order valence-corrected chi connectivity index (χ1v) is 14.5. The van der Waals surface area contributed by atoms with Crippen LogP contribution in [0.2, 0.25) is 0 Å². The number of nitrogens with zero attached hydrogens (tertiary/aromatic N) is 3. The van der Waals surface area contributed by atoms with Gasteiger partial charge in [-0.2, -0.15) is 0 Å². The number of carbonyl (C=O) groups excluding carboxylic acids is 1. The summed E-state index contributed by atoms with van der Waals surface area (Å²) in [5.74, 6) is 1.43. The van der Waals surface area contributed by atoms with Crippen LogP contribution in [0.5, 0.6) is 5.75 Å². The minimum Gasteiger partial charge on any atom is -0.493 e. The van der Waals surface area contributed by atoms with E-state index in [9.17, 15) is 9.00 Å². The molecule has 0 radical (unpaired) electrons. The van der Waals surface area contributed by atoms with Crippen LogP contribution >= 0.6 is 0 Å². The second kappa shape index (κ2) is 12.4. The van der Waals surface area contributed by atoms with Gasteiger partial charge < -0.3 is 14.4 Å². The number of ether oxygens (including phenoxy) is 1. The van der Waals surface area contributed by atoms with E-state index in [4.69, 9.17) is 4.74 Å². The molecule has 1 fully saturated rings. The number of para-hydroxylation sites is 1. The number of hydrogen-bond donors (Lipinski definition) is 1. The zero-order valence-corrected chi connectivity index (χ0v) is 23.2. The first-order valence-electron chi connectivity index (χ1n) is 13.3. The van der Waals surface area contributed by atoms with Crippen molar-refractivity contribution in [1.82, 2.24) is 14.8 Å². The summed E-state index contributed by atoms with van der Waals surface area (Å²) < 4.78 is 21.8. The van der Waals surface area contributed by atoms with Crippen LogP contribution in [0, 0.1) is 5.92 Å². The summed E-state index contributed by atoms with van der Waals surface area (Å²) in [6.45, 7) is 8.89. The number of carbonyl (C=O) groups is 1. The van der Waals surface area contributed by atoms with Gasteiger partial charge in [0.15, 0.2) is 11.0 Å². The maximum absolute atomic E-state index is 13.1. The molecule has 0 bridgehead atoms. The zero-order valence-electron chi connectivity index (χ0n) is 22.4. The Morgan fingerprint density at radius 1 is 0.949 bits per heavy atom. The smallest absolute Gasteiger partial charge is 0.253 e. The maximum atomic E-state index is 13.1. The molecule has 202 valence electrons. The Bertz CT molecular complexity index is 1430. The molecule has 39 heavy (non-hydrogen) atoms. The van der Waals surface area contributed by atoms with Gasteiger partial charge in [0.25, 0.3) is 5.91 Å². The first-order chi connectivity index (χ1) is 19.0. The van der Waals surface area contributed by atoms with Crippen molar-refractivity contribution < 1.29 is 13.7 Å². The minimum atomic E-state index is -1.48. The molecule has 1 atom stereocenters. The van der Waals surface area contributed by atoms with Crippen molar-refractivity contribution in [2.45, 2.75) is 25.3 Å². The van der Waals surface area contributed by atoms with Gasteiger partial charge in [-0.1, -0.05) is 44.2 Å². The maximum Gasteiger partial charge on any atom is 0.253 e. The fourth-order valence-corrected chi connectivity index (χ4v) is 5.58. The molecule has 0 saturated carbocycles. The summed E-state index contributed by atoms with van der Waals surface area (Å²) in [7, 11) is -1.48. The monoisotopic (exact) mass is 542 g/mol. The number of hydrogen-bond acceptors (Lipinski definition) is 5. The molecule has 5 rings (SSSR count). The number of amides is 1. The van der Waals surface area contributed by atoms with E-state index in [1.165, 1.54) is 5.56 Å². The SMILES string of the molecule is CC(C)COc1ccc(CN2CCN(C(=O)c3ccc(NS(=O)c4cccc5cccnc45)cc3)CC2)cc1. The van der Waals surface area contributed by atoms with Crippen molar-refractivity contribution in [3.63, 3.8) is 0 Å². The molecule has 0 spiro atoms. The van der Waals surface area contributed by atoms with E-state index in [1.54, 1.807) is 30.5 Å². The third kappa shape index (κ3) is 6.82. The lowest BCUT2D eigenvalue weighted by molar-refractivity contribution is 0.0628. The van der Waals surface area contributed by atoms with E-state index in [2.05, 4.69) is 40.6 Å². The molecule has 3 aromatic carbocycles. The molecule has 1 amide bonds. The van der Waals surface area contributed by atoms with E-state index >= 15 is 0 Å². The largest absolute Gasteiger partial charge is 0.493 e. The molecule has 8 heteroatoms. The van der Waals surface area contributed by atoms with Crippen molar-refractivity contribution >= 4 is 33.5 Å². The molecule has 1 aromatic heterocycles. The molecular formula is C31H34N4O3S. The molecule has 4 aromatic rings. The number of aromatic nitrogens is 1. The van der Waals surface area contributed by atoms with Crippen LogP contribution in [-0.4, -0.2) is 57.7 Å². The third-order valence-corrected chi connectivity index (χ3v) is 7.86. The molecule has 7 nitrogen and oxygen atoms in total. The second-order valence-electron chi connectivity index (χ2n) is 10.2. The van der Waals surface area contributed by atoms with Gasteiger partial charge in [-0.05, 0) is 60.0 Å². The van der Waals surface area contributed by atoms with Gasteiger partial charge in [-0.25, -0.2) is 4.21 Å². The number of rotatable bonds is 9. The van der Waals surface area contributed by atoms with Gasteiger partial charge in [-0.3, -0.25) is 14.7 Å². The molecule has 2 heterocycles.